The molecule has 0 bridgehead atoms. The first kappa shape index (κ1) is 21.8. The molecule has 1 unspecified atom stereocenters. The van der Waals surface area contributed by atoms with Crippen molar-refractivity contribution in [2.24, 2.45) is 11.8 Å². The van der Waals surface area contributed by atoms with E-state index < -0.39 is 10.0 Å². The molecular formula is C24H30N2O4S. The molecule has 2 aliphatic rings. The number of carbonyl (C=O) groups is 1. The van der Waals surface area contributed by atoms with Gasteiger partial charge in [-0.25, -0.2) is 8.42 Å². The van der Waals surface area contributed by atoms with E-state index in [1.807, 2.05) is 31.2 Å². The molecule has 1 atom stereocenters. The van der Waals surface area contributed by atoms with Crippen LogP contribution in [0.25, 0.3) is 0 Å². The van der Waals surface area contributed by atoms with Crippen LogP contribution in [0.5, 0.6) is 5.75 Å². The molecule has 4 rings (SSSR count). The summed E-state index contributed by atoms with van der Waals surface area (Å²) in [7, 11) is -3.52. The van der Waals surface area contributed by atoms with Crippen molar-refractivity contribution in [3.05, 3.63) is 54.1 Å². The Labute approximate surface area is 184 Å². The third-order valence-electron chi connectivity index (χ3n) is 6.21. The predicted octanol–water partition coefficient (Wildman–Crippen LogP) is 4.21. The van der Waals surface area contributed by atoms with E-state index in [9.17, 15) is 13.2 Å². The van der Waals surface area contributed by atoms with Crippen molar-refractivity contribution in [2.75, 3.05) is 18.4 Å². The smallest absolute Gasteiger partial charge is 0.243 e. The molecule has 1 saturated heterocycles. The van der Waals surface area contributed by atoms with E-state index >= 15 is 0 Å². The maximum atomic E-state index is 12.8. The van der Waals surface area contributed by atoms with Crippen molar-refractivity contribution in [1.29, 1.82) is 0 Å². The van der Waals surface area contributed by atoms with Crippen molar-refractivity contribution < 1.29 is 17.9 Å². The summed E-state index contributed by atoms with van der Waals surface area (Å²) in [6.07, 6.45) is 3.72. The van der Waals surface area contributed by atoms with Gasteiger partial charge in [-0.05, 0) is 81.8 Å². The van der Waals surface area contributed by atoms with Crippen LogP contribution >= 0.6 is 0 Å². The minimum Gasteiger partial charge on any atom is -0.490 e. The van der Waals surface area contributed by atoms with Crippen LogP contribution in [0.2, 0.25) is 0 Å². The highest BCUT2D eigenvalue weighted by Crippen LogP contribution is 2.35. The van der Waals surface area contributed by atoms with Gasteiger partial charge in [-0.2, -0.15) is 4.31 Å². The molecule has 1 aliphatic carbocycles. The SMILES string of the molecule is Cc1ccc(S(=O)(=O)N2CCC(C(=O)Nc3ccc(OC(C)C4CC4)cc3)CC2)cc1. The number of hydrogen-bond acceptors (Lipinski definition) is 4. The van der Waals surface area contributed by atoms with Gasteiger partial charge in [0.25, 0.3) is 0 Å². The molecule has 0 aromatic heterocycles. The summed E-state index contributed by atoms with van der Waals surface area (Å²) in [5, 5.41) is 2.96. The van der Waals surface area contributed by atoms with Crippen LogP contribution in [-0.4, -0.2) is 37.8 Å². The maximum Gasteiger partial charge on any atom is 0.243 e. The quantitative estimate of drug-likeness (QED) is 0.697. The van der Waals surface area contributed by atoms with Crippen molar-refractivity contribution in [3.8, 4) is 5.75 Å². The summed E-state index contributed by atoms with van der Waals surface area (Å²) in [4.78, 5) is 13.0. The van der Waals surface area contributed by atoms with Crippen LogP contribution in [0.15, 0.2) is 53.4 Å². The number of aryl methyl sites for hydroxylation is 1. The van der Waals surface area contributed by atoms with Gasteiger partial charge in [-0.15, -0.1) is 0 Å². The van der Waals surface area contributed by atoms with Crippen molar-refractivity contribution in [3.63, 3.8) is 0 Å². The molecule has 1 amide bonds. The highest BCUT2D eigenvalue weighted by molar-refractivity contribution is 7.89. The molecule has 6 nitrogen and oxygen atoms in total. The maximum absolute atomic E-state index is 12.8. The summed E-state index contributed by atoms with van der Waals surface area (Å²) in [6, 6.07) is 14.3. The van der Waals surface area contributed by atoms with Gasteiger partial charge in [0.05, 0.1) is 11.0 Å². The van der Waals surface area contributed by atoms with E-state index in [0.29, 0.717) is 36.7 Å². The van der Waals surface area contributed by atoms with E-state index in [1.165, 1.54) is 17.1 Å². The van der Waals surface area contributed by atoms with Crippen molar-refractivity contribution in [1.82, 2.24) is 4.31 Å². The molecule has 0 spiro atoms. The molecule has 0 radical (unpaired) electrons. The first-order chi connectivity index (χ1) is 14.8. The van der Waals surface area contributed by atoms with Crippen LogP contribution in [0.1, 0.15) is 38.2 Å². The Kier molecular flexibility index (Phi) is 6.34. The number of carbonyl (C=O) groups excluding carboxylic acids is 1. The fourth-order valence-corrected chi connectivity index (χ4v) is 5.43. The summed E-state index contributed by atoms with van der Waals surface area (Å²) in [5.74, 6) is 1.22. The lowest BCUT2D eigenvalue weighted by atomic mass is 9.97. The molecule has 1 saturated carbocycles. The molecule has 166 valence electrons. The molecule has 2 aromatic carbocycles. The van der Waals surface area contributed by atoms with Crippen LogP contribution < -0.4 is 10.1 Å². The number of ether oxygens (including phenoxy) is 1. The minimum absolute atomic E-state index is 0.0626. The lowest BCUT2D eigenvalue weighted by Crippen LogP contribution is -2.41. The zero-order valence-corrected chi connectivity index (χ0v) is 18.9. The third-order valence-corrected chi connectivity index (χ3v) is 8.13. The van der Waals surface area contributed by atoms with Gasteiger partial charge in [-0.3, -0.25) is 4.79 Å². The summed E-state index contributed by atoms with van der Waals surface area (Å²) in [5.41, 5.74) is 1.75. The van der Waals surface area contributed by atoms with Crippen LogP contribution in [0.4, 0.5) is 5.69 Å². The van der Waals surface area contributed by atoms with Gasteiger partial charge in [0.2, 0.25) is 15.9 Å². The number of benzene rings is 2. The van der Waals surface area contributed by atoms with Gasteiger partial charge in [0, 0.05) is 24.7 Å². The van der Waals surface area contributed by atoms with E-state index in [1.54, 1.807) is 24.3 Å². The molecule has 2 aromatic rings. The normalized spacial score (nSPS) is 19.0. The van der Waals surface area contributed by atoms with Gasteiger partial charge < -0.3 is 10.1 Å². The number of sulfonamides is 1. The fourth-order valence-electron chi connectivity index (χ4n) is 3.96. The predicted molar refractivity (Wildman–Crippen MR) is 121 cm³/mol. The topological polar surface area (TPSA) is 75.7 Å². The monoisotopic (exact) mass is 442 g/mol. The summed E-state index contributed by atoms with van der Waals surface area (Å²) >= 11 is 0. The summed E-state index contributed by atoms with van der Waals surface area (Å²) < 4.78 is 33.1. The lowest BCUT2D eigenvalue weighted by Gasteiger charge is -2.30. The Hall–Kier alpha value is -2.38. The molecule has 31 heavy (non-hydrogen) atoms. The van der Waals surface area contributed by atoms with Gasteiger partial charge >= 0.3 is 0 Å². The Morgan fingerprint density at radius 3 is 2.19 bits per heavy atom. The first-order valence-electron chi connectivity index (χ1n) is 11.0. The number of nitrogens with zero attached hydrogens (tertiary/aromatic N) is 1. The first-order valence-corrected chi connectivity index (χ1v) is 12.4. The Morgan fingerprint density at radius 2 is 1.61 bits per heavy atom. The van der Waals surface area contributed by atoms with Crippen LogP contribution in [-0.2, 0) is 14.8 Å². The second kappa shape index (κ2) is 9.01. The number of hydrogen-bond donors (Lipinski definition) is 1. The highest BCUT2D eigenvalue weighted by atomic mass is 32.2. The molecule has 7 heteroatoms. The Balaban J connectivity index is 1.29. The molecule has 1 aliphatic heterocycles. The second-order valence-corrected chi connectivity index (χ2v) is 10.6. The lowest BCUT2D eigenvalue weighted by molar-refractivity contribution is -0.120. The summed E-state index contributed by atoms with van der Waals surface area (Å²) in [6.45, 7) is 4.72. The number of nitrogens with one attached hydrogen (secondary N) is 1. The van der Waals surface area contributed by atoms with E-state index in [2.05, 4.69) is 12.2 Å². The standard InChI is InChI=1S/C24H30N2O4S/c1-17-3-11-23(12-4-17)31(28,29)26-15-13-20(14-16-26)24(27)25-21-7-9-22(10-8-21)30-18(2)19-5-6-19/h3-4,7-12,18-20H,5-6,13-16H2,1-2H3,(H,25,27). The largest absolute Gasteiger partial charge is 0.490 e. The van der Waals surface area contributed by atoms with E-state index in [4.69, 9.17) is 4.74 Å². The number of anilines is 1. The zero-order valence-electron chi connectivity index (χ0n) is 18.1. The minimum atomic E-state index is -3.52. The Morgan fingerprint density at radius 1 is 1.00 bits per heavy atom. The van der Waals surface area contributed by atoms with Crippen molar-refractivity contribution in [2.45, 2.75) is 50.5 Å². The third kappa shape index (κ3) is 5.28. The van der Waals surface area contributed by atoms with Gasteiger partial charge in [0.1, 0.15) is 5.75 Å². The average Bonchev–Trinajstić information content (AvgIpc) is 3.61. The number of piperidine rings is 1. The Bertz CT molecular complexity index is 1010. The van der Waals surface area contributed by atoms with Crippen molar-refractivity contribution >= 4 is 21.6 Å². The highest BCUT2D eigenvalue weighted by Gasteiger charge is 2.32. The molecular weight excluding hydrogens is 412 g/mol. The van der Waals surface area contributed by atoms with E-state index in [0.717, 1.165) is 17.0 Å². The van der Waals surface area contributed by atoms with Crippen LogP contribution in [0, 0.1) is 18.8 Å². The van der Waals surface area contributed by atoms with E-state index in [-0.39, 0.29) is 17.9 Å². The van der Waals surface area contributed by atoms with Gasteiger partial charge in [0.15, 0.2) is 0 Å². The average molecular weight is 443 g/mol. The number of rotatable bonds is 7. The fraction of sp³-hybridized carbons (Fsp3) is 0.458. The van der Waals surface area contributed by atoms with Crippen LogP contribution in [0.3, 0.4) is 0 Å². The molecule has 2 fully saturated rings. The molecule has 1 N–H and O–H groups in total. The van der Waals surface area contributed by atoms with Gasteiger partial charge in [-0.1, -0.05) is 17.7 Å². The number of amides is 1. The molecule has 1 heterocycles. The zero-order chi connectivity index (χ0) is 22.0. The second-order valence-electron chi connectivity index (χ2n) is 8.67.